The molecule has 1 amide bonds. The number of oxazole rings is 1. The van der Waals surface area contributed by atoms with Gasteiger partial charge in [-0.2, -0.15) is 4.98 Å². The maximum Gasteiger partial charge on any atom is 0.304 e. The van der Waals surface area contributed by atoms with E-state index >= 15 is 0 Å². The van der Waals surface area contributed by atoms with Crippen molar-refractivity contribution in [2.24, 2.45) is 0 Å². The third-order valence-electron chi connectivity index (χ3n) is 2.25. The Balaban J connectivity index is 2.87. The molecule has 1 aromatic heterocycles. The molecule has 0 unspecified atom stereocenters. The van der Waals surface area contributed by atoms with Gasteiger partial charge in [-0.3, -0.25) is 9.69 Å². The summed E-state index contributed by atoms with van der Waals surface area (Å²) >= 11 is 0. The third-order valence-corrected chi connectivity index (χ3v) is 2.25. The first-order valence-electron chi connectivity index (χ1n) is 5.93. The van der Waals surface area contributed by atoms with Gasteiger partial charge in [0.1, 0.15) is 6.26 Å². The van der Waals surface area contributed by atoms with E-state index in [2.05, 4.69) is 11.9 Å². The Morgan fingerprint density at radius 3 is 2.71 bits per heavy atom. The fourth-order valence-electron chi connectivity index (χ4n) is 1.41. The zero-order chi connectivity index (χ0) is 12.8. The van der Waals surface area contributed by atoms with Crippen LogP contribution in [-0.2, 0) is 4.79 Å². The van der Waals surface area contributed by atoms with Gasteiger partial charge in [0.2, 0.25) is 0 Å². The molecule has 0 bridgehead atoms. The average Bonchev–Trinajstić information content (AvgIpc) is 2.64. The van der Waals surface area contributed by atoms with E-state index in [1.165, 1.54) is 0 Å². The number of hydrogen-bond donors (Lipinski definition) is 0. The standard InChI is InChI=1S/C13H20N2O2/c1-5-6-7-15(12(16)8-10(2)3)13-14-11(4)9-17-13/h8-9H,5-7H2,1-4H3. The van der Waals surface area contributed by atoms with E-state index in [0.717, 1.165) is 24.1 Å². The van der Waals surface area contributed by atoms with Crippen LogP contribution in [0.2, 0.25) is 0 Å². The van der Waals surface area contributed by atoms with E-state index in [1.807, 2.05) is 20.8 Å². The highest BCUT2D eigenvalue weighted by Gasteiger charge is 2.17. The van der Waals surface area contributed by atoms with Crippen molar-refractivity contribution in [3.05, 3.63) is 23.6 Å². The highest BCUT2D eigenvalue weighted by atomic mass is 16.4. The van der Waals surface area contributed by atoms with Crippen LogP contribution in [0.4, 0.5) is 6.01 Å². The summed E-state index contributed by atoms with van der Waals surface area (Å²) in [6.45, 7) is 8.37. The number of hydrogen-bond acceptors (Lipinski definition) is 3. The number of carbonyl (C=O) groups excluding carboxylic acids is 1. The lowest BCUT2D eigenvalue weighted by molar-refractivity contribution is -0.114. The molecule has 0 atom stereocenters. The second kappa shape index (κ2) is 6.23. The van der Waals surface area contributed by atoms with Crippen LogP contribution in [-0.4, -0.2) is 17.4 Å². The van der Waals surface area contributed by atoms with Gasteiger partial charge in [-0.25, -0.2) is 0 Å². The Bertz CT molecular complexity index is 403. The van der Waals surface area contributed by atoms with Crippen LogP contribution in [0.15, 0.2) is 22.3 Å². The molecule has 17 heavy (non-hydrogen) atoms. The molecule has 0 spiro atoms. The minimum atomic E-state index is -0.0692. The topological polar surface area (TPSA) is 46.3 Å². The molecule has 0 fully saturated rings. The van der Waals surface area contributed by atoms with Crippen molar-refractivity contribution in [2.45, 2.75) is 40.5 Å². The third kappa shape index (κ3) is 4.06. The molecule has 1 aromatic rings. The molecule has 0 radical (unpaired) electrons. The summed E-state index contributed by atoms with van der Waals surface area (Å²) in [5.74, 6) is -0.0692. The number of allylic oxidation sites excluding steroid dienone is 1. The maximum atomic E-state index is 12.0. The summed E-state index contributed by atoms with van der Waals surface area (Å²) in [7, 11) is 0. The van der Waals surface area contributed by atoms with Gasteiger partial charge in [0.25, 0.3) is 5.91 Å². The molecule has 0 aliphatic carbocycles. The van der Waals surface area contributed by atoms with Crippen LogP contribution < -0.4 is 4.90 Å². The number of amides is 1. The van der Waals surface area contributed by atoms with Crippen LogP contribution >= 0.6 is 0 Å². The van der Waals surface area contributed by atoms with Crippen molar-refractivity contribution in [1.29, 1.82) is 0 Å². The van der Waals surface area contributed by atoms with Crippen LogP contribution in [0.1, 0.15) is 39.3 Å². The predicted molar refractivity (Wildman–Crippen MR) is 67.9 cm³/mol. The molecule has 0 aliphatic heterocycles. The molecule has 0 N–H and O–H groups in total. The molecule has 0 saturated heterocycles. The van der Waals surface area contributed by atoms with E-state index < -0.39 is 0 Å². The Kier molecular flexibility index (Phi) is 4.94. The number of anilines is 1. The van der Waals surface area contributed by atoms with Gasteiger partial charge in [-0.05, 0) is 27.2 Å². The van der Waals surface area contributed by atoms with Gasteiger partial charge in [-0.15, -0.1) is 0 Å². The van der Waals surface area contributed by atoms with E-state index in [4.69, 9.17) is 4.42 Å². The van der Waals surface area contributed by atoms with Gasteiger partial charge in [0.15, 0.2) is 0 Å². The zero-order valence-electron chi connectivity index (χ0n) is 11.0. The average molecular weight is 236 g/mol. The Morgan fingerprint density at radius 1 is 1.53 bits per heavy atom. The molecule has 0 aromatic carbocycles. The van der Waals surface area contributed by atoms with Crippen molar-refractivity contribution >= 4 is 11.9 Å². The first-order chi connectivity index (χ1) is 8.04. The minimum Gasteiger partial charge on any atom is -0.431 e. The molecule has 0 aliphatic rings. The van der Waals surface area contributed by atoms with E-state index in [-0.39, 0.29) is 5.91 Å². The van der Waals surface area contributed by atoms with Gasteiger partial charge in [0, 0.05) is 12.6 Å². The minimum absolute atomic E-state index is 0.0692. The Labute approximate surface area is 102 Å². The highest BCUT2D eigenvalue weighted by molar-refractivity contribution is 6.00. The molecular formula is C13H20N2O2. The van der Waals surface area contributed by atoms with Gasteiger partial charge < -0.3 is 4.42 Å². The monoisotopic (exact) mass is 236 g/mol. The molecule has 0 saturated carbocycles. The van der Waals surface area contributed by atoms with Gasteiger partial charge in [-0.1, -0.05) is 18.9 Å². The lowest BCUT2D eigenvalue weighted by Crippen LogP contribution is -2.30. The number of aromatic nitrogens is 1. The first kappa shape index (κ1) is 13.5. The summed E-state index contributed by atoms with van der Waals surface area (Å²) in [4.78, 5) is 17.8. The summed E-state index contributed by atoms with van der Waals surface area (Å²) in [6, 6.07) is 0.387. The van der Waals surface area contributed by atoms with Crippen LogP contribution in [0.5, 0.6) is 0 Å². The fraction of sp³-hybridized carbons (Fsp3) is 0.538. The maximum absolute atomic E-state index is 12.0. The van der Waals surface area contributed by atoms with Crippen molar-refractivity contribution in [1.82, 2.24) is 4.98 Å². The Morgan fingerprint density at radius 2 is 2.24 bits per heavy atom. The van der Waals surface area contributed by atoms with Crippen LogP contribution in [0, 0.1) is 6.92 Å². The summed E-state index contributed by atoms with van der Waals surface area (Å²) in [5.41, 5.74) is 1.76. The second-order valence-corrected chi connectivity index (χ2v) is 4.34. The van der Waals surface area contributed by atoms with Crippen molar-refractivity contribution in [3.8, 4) is 0 Å². The zero-order valence-corrected chi connectivity index (χ0v) is 11.0. The van der Waals surface area contributed by atoms with Crippen molar-refractivity contribution in [3.63, 3.8) is 0 Å². The molecule has 1 heterocycles. The lowest BCUT2D eigenvalue weighted by Gasteiger charge is -2.16. The number of rotatable bonds is 5. The molecular weight excluding hydrogens is 216 g/mol. The second-order valence-electron chi connectivity index (χ2n) is 4.34. The fourth-order valence-corrected chi connectivity index (χ4v) is 1.41. The summed E-state index contributed by atoms with van der Waals surface area (Å²) < 4.78 is 5.29. The highest BCUT2D eigenvalue weighted by Crippen LogP contribution is 2.15. The van der Waals surface area contributed by atoms with E-state index in [0.29, 0.717) is 12.6 Å². The SMILES string of the molecule is CCCCN(C(=O)C=C(C)C)c1nc(C)co1. The van der Waals surface area contributed by atoms with Gasteiger partial charge in [0.05, 0.1) is 5.69 Å². The first-order valence-corrected chi connectivity index (χ1v) is 5.93. The number of unbranched alkanes of at least 4 members (excludes halogenated alkanes) is 1. The van der Waals surface area contributed by atoms with Crippen molar-refractivity contribution < 1.29 is 9.21 Å². The normalized spacial score (nSPS) is 10.1. The molecule has 1 rings (SSSR count). The van der Waals surface area contributed by atoms with Gasteiger partial charge >= 0.3 is 6.01 Å². The lowest BCUT2D eigenvalue weighted by atomic mass is 10.3. The smallest absolute Gasteiger partial charge is 0.304 e. The predicted octanol–water partition coefficient (Wildman–Crippen LogP) is 3.08. The summed E-state index contributed by atoms with van der Waals surface area (Å²) in [5, 5.41) is 0. The number of aryl methyl sites for hydroxylation is 1. The largest absolute Gasteiger partial charge is 0.431 e. The summed E-state index contributed by atoms with van der Waals surface area (Å²) in [6.07, 6.45) is 5.13. The number of nitrogens with zero attached hydrogens (tertiary/aromatic N) is 2. The van der Waals surface area contributed by atoms with Crippen molar-refractivity contribution in [2.75, 3.05) is 11.4 Å². The molecule has 4 heteroatoms. The van der Waals surface area contributed by atoms with E-state index in [1.54, 1.807) is 17.2 Å². The molecule has 94 valence electrons. The number of carbonyl (C=O) groups is 1. The molecule has 4 nitrogen and oxygen atoms in total. The van der Waals surface area contributed by atoms with E-state index in [9.17, 15) is 4.79 Å². The van der Waals surface area contributed by atoms with Crippen LogP contribution in [0.3, 0.4) is 0 Å². The quantitative estimate of drug-likeness (QED) is 0.738. The van der Waals surface area contributed by atoms with Crippen LogP contribution in [0.25, 0.3) is 0 Å². The Hall–Kier alpha value is -1.58.